The van der Waals surface area contributed by atoms with Crippen molar-refractivity contribution in [3.63, 3.8) is 0 Å². The van der Waals surface area contributed by atoms with Crippen LogP contribution in [0.1, 0.15) is 18.6 Å². The lowest BCUT2D eigenvalue weighted by atomic mass is 10.2. The molecule has 2 rings (SSSR count). The molecule has 72 valence electrons. The highest BCUT2D eigenvalue weighted by atomic mass is 16.2. The summed E-state index contributed by atoms with van der Waals surface area (Å²) in [6.07, 6.45) is 0. The smallest absolute Gasteiger partial charge is 0.251 e. The number of nitrogens with zero attached hydrogens (tertiary/aromatic N) is 3. The summed E-state index contributed by atoms with van der Waals surface area (Å²) in [6.45, 7) is 3.69. The number of benzene rings is 1. The fourth-order valence-corrected chi connectivity index (χ4v) is 1.28. The highest BCUT2D eigenvalue weighted by Gasteiger charge is 2.14. The molecular formula is C10H11N3O. The summed E-state index contributed by atoms with van der Waals surface area (Å²) < 4.78 is 1.36. The van der Waals surface area contributed by atoms with Gasteiger partial charge in [-0.15, -0.1) is 5.10 Å². The Labute approximate surface area is 81.5 Å². The molecular weight excluding hydrogens is 178 g/mol. The second kappa shape index (κ2) is 3.21. The minimum Gasteiger partial charge on any atom is -0.272 e. The largest absolute Gasteiger partial charge is 0.272 e. The topological polar surface area (TPSA) is 47.8 Å². The second-order valence-electron chi connectivity index (χ2n) is 3.48. The average molecular weight is 189 g/mol. The first-order valence-electron chi connectivity index (χ1n) is 4.55. The number of fused-ring (bicyclic) bond motifs is 1. The van der Waals surface area contributed by atoms with Crippen LogP contribution in [0.2, 0.25) is 0 Å². The molecule has 0 aliphatic carbocycles. The summed E-state index contributed by atoms with van der Waals surface area (Å²) in [7, 11) is 0. The fourth-order valence-electron chi connectivity index (χ4n) is 1.28. The normalized spacial score (nSPS) is 11.1. The van der Waals surface area contributed by atoms with Crippen molar-refractivity contribution in [1.82, 2.24) is 15.0 Å². The summed E-state index contributed by atoms with van der Waals surface area (Å²) in [6, 6.07) is 7.43. The van der Waals surface area contributed by atoms with E-state index in [0.717, 1.165) is 11.0 Å². The Morgan fingerprint density at radius 3 is 2.79 bits per heavy atom. The average Bonchev–Trinajstić information content (AvgIpc) is 2.60. The lowest BCUT2D eigenvalue weighted by Gasteiger charge is -2.02. The summed E-state index contributed by atoms with van der Waals surface area (Å²) in [4.78, 5) is 11.7. The Hall–Kier alpha value is -1.71. The first-order chi connectivity index (χ1) is 6.70. The van der Waals surface area contributed by atoms with Crippen LogP contribution >= 0.6 is 0 Å². The number of aromatic nitrogens is 3. The van der Waals surface area contributed by atoms with Crippen molar-refractivity contribution < 1.29 is 4.79 Å². The maximum Gasteiger partial charge on any atom is 0.251 e. The van der Waals surface area contributed by atoms with E-state index in [-0.39, 0.29) is 11.8 Å². The molecule has 0 fully saturated rings. The van der Waals surface area contributed by atoms with E-state index in [2.05, 4.69) is 10.3 Å². The fraction of sp³-hybridized carbons (Fsp3) is 0.300. The molecule has 4 heteroatoms. The highest BCUT2D eigenvalue weighted by Crippen LogP contribution is 2.11. The third-order valence-electron chi connectivity index (χ3n) is 2.05. The zero-order valence-corrected chi connectivity index (χ0v) is 8.14. The van der Waals surface area contributed by atoms with Gasteiger partial charge in [0.25, 0.3) is 5.91 Å². The quantitative estimate of drug-likeness (QED) is 0.686. The lowest BCUT2D eigenvalue weighted by Crippen LogP contribution is -2.18. The van der Waals surface area contributed by atoms with Crippen LogP contribution in [0.25, 0.3) is 11.0 Å². The third-order valence-corrected chi connectivity index (χ3v) is 2.05. The molecule has 0 atom stereocenters. The van der Waals surface area contributed by atoms with Crippen molar-refractivity contribution in [3.8, 4) is 0 Å². The molecule has 2 aromatic rings. The van der Waals surface area contributed by atoms with Gasteiger partial charge in [-0.05, 0) is 12.1 Å². The molecule has 0 amide bonds. The molecule has 0 unspecified atom stereocenters. The molecule has 0 N–H and O–H groups in total. The van der Waals surface area contributed by atoms with E-state index in [0.29, 0.717) is 0 Å². The molecule has 1 aromatic carbocycles. The monoisotopic (exact) mass is 189 g/mol. The van der Waals surface area contributed by atoms with Gasteiger partial charge < -0.3 is 0 Å². The number of hydrogen-bond donors (Lipinski definition) is 0. The van der Waals surface area contributed by atoms with Gasteiger partial charge in [-0.25, -0.2) is 0 Å². The number of carbonyl (C=O) groups excluding carboxylic acids is 1. The van der Waals surface area contributed by atoms with Crippen LogP contribution in [0.5, 0.6) is 0 Å². The maximum atomic E-state index is 11.7. The molecule has 0 radical (unpaired) electrons. The summed E-state index contributed by atoms with van der Waals surface area (Å²) in [5.74, 6) is -0.0983. The highest BCUT2D eigenvalue weighted by molar-refractivity contribution is 5.89. The van der Waals surface area contributed by atoms with E-state index in [9.17, 15) is 4.79 Å². The number of para-hydroxylation sites is 1. The van der Waals surface area contributed by atoms with Gasteiger partial charge in [0.1, 0.15) is 5.52 Å². The third kappa shape index (κ3) is 1.28. The molecule has 4 nitrogen and oxygen atoms in total. The van der Waals surface area contributed by atoms with Crippen LogP contribution < -0.4 is 0 Å². The van der Waals surface area contributed by atoms with Gasteiger partial charge in [-0.2, -0.15) is 4.68 Å². The van der Waals surface area contributed by atoms with Gasteiger partial charge >= 0.3 is 0 Å². The molecule has 0 aliphatic rings. The van der Waals surface area contributed by atoms with Crippen LogP contribution in [0.3, 0.4) is 0 Å². The summed E-state index contributed by atoms with van der Waals surface area (Å²) in [5, 5.41) is 7.75. The molecule has 14 heavy (non-hydrogen) atoms. The van der Waals surface area contributed by atoms with E-state index in [1.54, 1.807) is 0 Å². The zero-order chi connectivity index (χ0) is 10.1. The second-order valence-corrected chi connectivity index (χ2v) is 3.48. The van der Waals surface area contributed by atoms with Crippen LogP contribution in [0.15, 0.2) is 24.3 Å². The van der Waals surface area contributed by atoms with Crippen LogP contribution in [-0.2, 0) is 0 Å². The van der Waals surface area contributed by atoms with Crippen molar-refractivity contribution in [3.05, 3.63) is 24.3 Å². The predicted octanol–water partition coefficient (Wildman–Crippen LogP) is 1.73. The molecule has 0 saturated heterocycles. The first-order valence-corrected chi connectivity index (χ1v) is 4.55. The summed E-state index contributed by atoms with van der Waals surface area (Å²) in [5.41, 5.74) is 1.52. The number of carbonyl (C=O) groups is 1. The van der Waals surface area contributed by atoms with Crippen molar-refractivity contribution in [2.24, 2.45) is 5.92 Å². The SMILES string of the molecule is CC(C)C(=O)n1nnc2ccccc21. The van der Waals surface area contributed by atoms with Crippen molar-refractivity contribution in [2.75, 3.05) is 0 Å². The van der Waals surface area contributed by atoms with Crippen LogP contribution in [0, 0.1) is 5.92 Å². The standard InChI is InChI=1S/C10H11N3O/c1-7(2)10(14)13-9-6-4-3-5-8(9)11-12-13/h3-7H,1-2H3. The van der Waals surface area contributed by atoms with Gasteiger partial charge in [0.2, 0.25) is 0 Å². The van der Waals surface area contributed by atoms with Crippen LogP contribution in [0.4, 0.5) is 0 Å². The minimum atomic E-state index is -0.0693. The Bertz CT molecular complexity index is 473. The van der Waals surface area contributed by atoms with Gasteiger partial charge in [0, 0.05) is 5.92 Å². The van der Waals surface area contributed by atoms with E-state index in [1.807, 2.05) is 38.1 Å². The van der Waals surface area contributed by atoms with E-state index < -0.39 is 0 Å². The Balaban J connectivity index is 2.58. The Kier molecular flexibility index (Phi) is 2.04. The van der Waals surface area contributed by atoms with Crippen molar-refractivity contribution in [2.45, 2.75) is 13.8 Å². The molecule has 0 aliphatic heterocycles. The van der Waals surface area contributed by atoms with Crippen molar-refractivity contribution in [1.29, 1.82) is 0 Å². The Morgan fingerprint density at radius 2 is 2.07 bits per heavy atom. The van der Waals surface area contributed by atoms with Crippen LogP contribution in [-0.4, -0.2) is 20.9 Å². The minimum absolute atomic E-state index is 0.0290. The first kappa shape index (κ1) is 8.87. The zero-order valence-electron chi connectivity index (χ0n) is 8.14. The summed E-state index contributed by atoms with van der Waals surface area (Å²) >= 11 is 0. The van der Waals surface area contributed by atoms with Crippen molar-refractivity contribution >= 4 is 16.9 Å². The molecule has 1 heterocycles. The predicted molar refractivity (Wildman–Crippen MR) is 53.0 cm³/mol. The van der Waals surface area contributed by atoms with E-state index in [1.165, 1.54) is 4.68 Å². The Morgan fingerprint density at radius 1 is 1.36 bits per heavy atom. The van der Waals surface area contributed by atoms with E-state index in [4.69, 9.17) is 0 Å². The maximum absolute atomic E-state index is 11.7. The van der Waals surface area contributed by atoms with Gasteiger partial charge in [-0.1, -0.05) is 31.2 Å². The van der Waals surface area contributed by atoms with E-state index >= 15 is 0 Å². The molecule has 0 bridgehead atoms. The number of hydrogen-bond acceptors (Lipinski definition) is 3. The lowest BCUT2D eigenvalue weighted by molar-refractivity contribution is 0.0842. The number of rotatable bonds is 1. The van der Waals surface area contributed by atoms with Gasteiger partial charge in [0.05, 0.1) is 5.52 Å². The molecule has 0 saturated carbocycles. The molecule has 0 spiro atoms. The van der Waals surface area contributed by atoms with Gasteiger partial charge in [-0.3, -0.25) is 4.79 Å². The molecule has 1 aromatic heterocycles. The van der Waals surface area contributed by atoms with Gasteiger partial charge in [0.15, 0.2) is 0 Å².